The number of hydrogen-bond acceptors (Lipinski definition) is 5. The molecule has 1 rings (SSSR count). The Morgan fingerprint density at radius 1 is 1.33 bits per heavy atom. The van der Waals surface area contributed by atoms with Crippen LogP contribution in [0.3, 0.4) is 0 Å². The number of rotatable bonds is 8. The van der Waals surface area contributed by atoms with Crippen LogP contribution in [0, 0.1) is 0 Å². The maximum absolute atomic E-state index is 5.72. The summed E-state index contributed by atoms with van der Waals surface area (Å²) in [5, 5.41) is 8.19. The van der Waals surface area contributed by atoms with Gasteiger partial charge in [0, 0.05) is 0 Å². The molecule has 1 aromatic rings. The smallest absolute Gasteiger partial charge is 0.180 e. The summed E-state index contributed by atoms with van der Waals surface area (Å²) in [6.45, 7) is 2.87. The Hall–Kier alpha value is -1.69. The highest BCUT2D eigenvalue weighted by atomic mass is 32.2. The molecular formula is C15H23N3O2S. The van der Waals surface area contributed by atoms with E-state index in [-0.39, 0.29) is 0 Å². The molecule has 0 aliphatic carbocycles. The molecule has 0 spiro atoms. The predicted molar refractivity (Wildman–Crippen MR) is 90.7 cm³/mol. The van der Waals surface area contributed by atoms with Crippen LogP contribution in [0.25, 0.3) is 0 Å². The third-order valence-electron chi connectivity index (χ3n) is 2.77. The molecule has 6 heteroatoms. The number of thioether (sulfide) groups is 1. The van der Waals surface area contributed by atoms with Gasteiger partial charge in [-0.3, -0.25) is 0 Å². The fourth-order valence-corrected chi connectivity index (χ4v) is 1.74. The van der Waals surface area contributed by atoms with Gasteiger partial charge in [-0.15, -0.1) is 5.10 Å². The van der Waals surface area contributed by atoms with Gasteiger partial charge in [0.05, 0.1) is 19.9 Å². The molecule has 0 aliphatic heterocycles. The van der Waals surface area contributed by atoms with Crippen LogP contribution in [-0.4, -0.2) is 31.4 Å². The van der Waals surface area contributed by atoms with E-state index in [1.807, 2.05) is 24.5 Å². The largest absolute Gasteiger partial charge is 0.493 e. The lowest BCUT2D eigenvalue weighted by Crippen LogP contribution is -2.04. The van der Waals surface area contributed by atoms with E-state index in [1.165, 1.54) is 24.6 Å². The van der Waals surface area contributed by atoms with Crippen molar-refractivity contribution in [3.63, 3.8) is 0 Å². The summed E-state index contributed by atoms with van der Waals surface area (Å²) in [5.41, 5.74) is 6.43. The average Bonchev–Trinajstić information content (AvgIpc) is 2.52. The summed E-state index contributed by atoms with van der Waals surface area (Å²) < 4.78 is 11.1. The van der Waals surface area contributed by atoms with E-state index in [1.54, 1.807) is 13.3 Å². The van der Waals surface area contributed by atoms with Gasteiger partial charge in [-0.05, 0) is 36.4 Å². The first kappa shape index (κ1) is 17.4. The Morgan fingerprint density at radius 2 is 2.14 bits per heavy atom. The summed E-state index contributed by atoms with van der Waals surface area (Å²) in [4.78, 5) is 0. The minimum Gasteiger partial charge on any atom is -0.493 e. The molecular weight excluding hydrogens is 286 g/mol. The van der Waals surface area contributed by atoms with Crippen LogP contribution in [-0.2, 0) is 0 Å². The van der Waals surface area contributed by atoms with E-state index in [9.17, 15) is 0 Å². The van der Waals surface area contributed by atoms with E-state index >= 15 is 0 Å². The Morgan fingerprint density at radius 3 is 2.81 bits per heavy atom. The maximum Gasteiger partial charge on any atom is 0.180 e. The van der Waals surface area contributed by atoms with E-state index in [0.29, 0.717) is 17.5 Å². The van der Waals surface area contributed by atoms with E-state index in [4.69, 9.17) is 15.2 Å². The quantitative estimate of drug-likeness (QED) is 0.346. The first-order valence-electron chi connectivity index (χ1n) is 6.92. The Bertz CT molecular complexity index is 490. The maximum atomic E-state index is 5.72. The van der Waals surface area contributed by atoms with Crippen LogP contribution >= 0.6 is 11.8 Å². The lowest BCUT2D eigenvalue weighted by Gasteiger charge is -2.10. The van der Waals surface area contributed by atoms with Gasteiger partial charge in [0.1, 0.15) is 0 Å². The van der Waals surface area contributed by atoms with Gasteiger partial charge >= 0.3 is 0 Å². The number of ether oxygens (including phenoxy) is 2. The number of methoxy groups -OCH3 is 1. The number of nitrogens with zero attached hydrogens (tertiary/aromatic N) is 2. The van der Waals surface area contributed by atoms with Crippen molar-refractivity contribution in [3.05, 3.63) is 23.8 Å². The zero-order valence-electron chi connectivity index (χ0n) is 12.8. The lowest BCUT2D eigenvalue weighted by atomic mass is 10.2. The fraction of sp³-hybridized carbons (Fsp3) is 0.467. The second kappa shape index (κ2) is 10.1. The first-order valence-corrected chi connectivity index (χ1v) is 8.15. The number of nitrogens with two attached hydrogens (primary N) is 1. The highest BCUT2D eigenvalue weighted by Crippen LogP contribution is 2.27. The molecule has 0 radical (unpaired) electrons. The Balaban J connectivity index is 2.69. The molecule has 0 heterocycles. The number of unbranched alkanes of at least 4 members (excludes halogenated alkanes) is 2. The predicted octanol–water partition coefficient (Wildman–Crippen LogP) is 3.28. The van der Waals surface area contributed by atoms with Crippen molar-refractivity contribution in [2.24, 2.45) is 15.9 Å². The zero-order valence-corrected chi connectivity index (χ0v) is 13.7. The van der Waals surface area contributed by atoms with Crippen molar-refractivity contribution in [2.45, 2.75) is 26.2 Å². The molecule has 0 aromatic heterocycles. The summed E-state index contributed by atoms with van der Waals surface area (Å²) in [7, 11) is 1.62. The molecule has 0 amide bonds. The van der Waals surface area contributed by atoms with Gasteiger partial charge in [0.2, 0.25) is 0 Å². The van der Waals surface area contributed by atoms with Crippen LogP contribution in [0.4, 0.5) is 0 Å². The topological polar surface area (TPSA) is 69.2 Å². The van der Waals surface area contributed by atoms with Gasteiger partial charge in [0.15, 0.2) is 16.7 Å². The molecule has 0 unspecified atom stereocenters. The molecule has 0 bridgehead atoms. The monoisotopic (exact) mass is 309 g/mol. The molecule has 1 aromatic carbocycles. The van der Waals surface area contributed by atoms with Gasteiger partial charge in [-0.25, -0.2) is 0 Å². The van der Waals surface area contributed by atoms with E-state index in [2.05, 4.69) is 17.1 Å². The normalized spacial score (nSPS) is 11.9. The average molecular weight is 309 g/mol. The van der Waals surface area contributed by atoms with Gasteiger partial charge in [0.25, 0.3) is 0 Å². The standard InChI is InChI=1S/C15H23N3O2S/c1-4-5-6-9-20-13-8-7-12(10-14(13)19-2)11-17-18-15(16)21-3/h7-8,10-11H,4-6,9H2,1-3H3,(H2,16,18)/b17-11-. The van der Waals surface area contributed by atoms with Crippen molar-refractivity contribution in [3.8, 4) is 11.5 Å². The highest BCUT2D eigenvalue weighted by Gasteiger charge is 2.04. The van der Waals surface area contributed by atoms with E-state index < -0.39 is 0 Å². The molecule has 116 valence electrons. The van der Waals surface area contributed by atoms with Gasteiger partial charge in [-0.2, -0.15) is 5.10 Å². The van der Waals surface area contributed by atoms with Crippen molar-refractivity contribution < 1.29 is 9.47 Å². The van der Waals surface area contributed by atoms with Crippen LogP contribution in [0.2, 0.25) is 0 Å². The van der Waals surface area contributed by atoms with Crippen LogP contribution in [0.15, 0.2) is 28.4 Å². The highest BCUT2D eigenvalue weighted by molar-refractivity contribution is 8.13. The fourth-order valence-electron chi connectivity index (χ4n) is 1.61. The summed E-state index contributed by atoms with van der Waals surface area (Å²) in [5.74, 6) is 1.44. The van der Waals surface area contributed by atoms with Crippen LogP contribution in [0.1, 0.15) is 31.7 Å². The number of hydrogen-bond donors (Lipinski definition) is 1. The van der Waals surface area contributed by atoms with Gasteiger partial charge in [-0.1, -0.05) is 31.5 Å². The Labute approximate surface area is 130 Å². The Kier molecular flexibility index (Phi) is 8.35. The van der Waals surface area contributed by atoms with Crippen molar-refractivity contribution in [2.75, 3.05) is 20.0 Å². The molecule has 0 fully saturated rings. The van der Waals surface area contributed by atoms with Gasteiger partial charge < -0.3 is 15.2 Å². The molecule has 5 nitrogen and oxygen atoms in total. The first-order chi connectivity index (χ1) is 10.2. The lowest BCUT2D eigenvalue weighted by molar-refractivity contribution is 0.286. The second-order valence-electron chi connectivity index (χ2n) is 4.35. The SMILES string of the molecule is CCCCCOc1ccc(/C=N\N=C(/N)SC)cc1OC. The molecule has 0 saturated carbocycles. The van der Waals surface area contributed by atoms with Crippen molar-refractivity contribution in [1.82, 2.24) is 0 Å². The summed E-state index contributed by atoms with van der Waals surface area (Å²) >= 11 is 1.35. The van der Waals surface area contributed by atoms with Crippen LogP contribution in [0.5, 0.6) is 11.5 Å². The minimum absolute atomic E-state index is 0.425. The third-order valence-corrected chi connectivity index (χ3v) is 3.27. The molecule has 0 saturated heterocycles. The van der Waals surface area contributed by atoms with Crippen molar-refractivity contribution >= 4 is 23.1 Å². The number of benzene rings is 1. The minimum atomic E-state index is 0.425. The summed E-state index contributed by atoms with van der Waals surface area (Å²) in [6.07, 6.45) is 6.87. The summed E-state index contributed by atoms with van der Waals surface area (Å²) in [6, 6.07) is 5.66. The molecule has 0 aliphatic rings. The second-order valence-corrected chi connectivity index (χ2v) is 5.18. The van der Waals surface area contributed by atoms with Crippen LogP contribution < -0.4 is 15.2 Å². The zero-order chi connectivity index (χ0) is 15.5. The molecule has 2 N–H and O–H groups in total. The molecule has 0 atom stereocenters. The molecule has 21 heavy (non-hydrogen) atoms. The van der Waals surface area contributed by atoms with E-state index in [0.717, 1.165) is 17.7 Å². The van der Waals surface area contributed by atoms with Crippen molar-refractivity contribution in [1.29, 1.82) is 0 Å². The third kappa shape index (κ3) is 6.53. The number of amidine groups is 1.